The zero-order chi connectivity index (χ0) is 36.3. The fraction of sp³-hybridized carbons (Fsp3) is 0. The van der Waals surface area contributed by atoms with Gasteiger partial charge in [0.2, 0.25) is 0 Å². The summed E-state index contributed by atoms with van der Waals surface area (Å²) in [5, 5.41) is 9.78. The van der Waals surface area contributed by atoms with Crippen molar-refractivity contribution in [3.05, 3.63) is 194 Å². The Bertz CT molecular complexity index is 3240. The average Bonchev–Trinajstić information content (AvgIpc) is 3.59. The Labute approximate surface area is 317 Å². The van der Waals surface area contributed by atoms with Crippen molar-refractivity contribution in [1.82, 2.24) is 19.5 Å². The average molecular weight is 701 g/mol. The number of hydrogen-bond donors (Lipinski definition) is 0. The van der Waals surface area contributed by atoms with Gasteiger partial charge < -0.3 is 4.57 Å². The van der Waals surface area contributed by atoms with Crippen LogP contribution in [0.1, 0.15) is 0 Å². The molecule has 0 unspecified atom stereocenters. The van der Waals surface area contributed by atoms with Crippen LogP contribution in [0.15, 0.2) is 194 Å². The summed E-state index contributed by atoms with van der Waals surface area (Å²) in [6.45, 7) is 0. The number of rotatable bonds is 5. The van der Waals surface area contributed by atoms with Gasteiger partial charge in [0.15, 0.2) is 17.5 Å². The van der Waals surface area contributed by atoms with E-state index in [0.717, 1.165) is 33.3 Å². The molecule has 2 heterocycles. The molecule has 0 bridgehead atoms. The summed E-state index contributed by atoms with van der Waals surface area (Å²) >= 11 is 0. The van der Waals surface area contributed by atoms with Crippen LogP contribution in [-0.2, 0) is 0 Å². The number of fused-ring (bicyclic) bond motifs is 7. The summed E-state index contributed by atoms with van der Waals surface area (Å²) < 4.78 is 2.39. The summed E-state index contributed by atoms with van der Waals surface area (Å²) in [7, 11) is 0. The van der Waals surface area contributed by atoms with Crippen LogP contribution in [0.5, 0.6) is 0 Å². The third-order valence-electron chi connectivity index (χ3n) is 10.8. The van der Waals surface area contributed by atoms with Crippen molar-refractivity contribution in [2.24, 2.45) is 0 Å². The fourth-order valence-electron chi connectivity index (χ4n) is 8.04. The SMILES string of the molecule is c1ccc(-c2ccc(-c3nc(-c4ccc(-n5c6cc7ccccc7cc6c6c7ccccc7ccc65)cc4)nc(-c4ccc5ccccc5c4)n3)cc2)cc1. The van der Waals surface area contributed by atoms with Crippen molar-refractivity contribution < 1.29 is 0 Å². The van der Waals surface area contributed by atoms with Crippen LogP contribution in [0.4, 0.5) is 0 Å². The van der Waals surface area contributed by atoms with Crippen LogP contribution >= 0.6 is 0 Å². The molecule has 4 heteroatoms. The lowest BCUT2D eigenvalue weighted by atomic mass is 10.0. The second-order valence-electron chi connectivity index (χ2n) is 14.1. The van der Waals surface area contributed by atoms with Gasteiger partial charge in [-0.2, -0.15) is 0 Å². The lowest BCUT2D eigenvalue weighted by molar-refractivity contribution is 1.07. The van der Waals surface area contributed by atoms with Crippen molar-refractivity contribution in [3.63, 3.8) is 0 Å². The predicted molar refractivity (Wildman–Crippen MR) is 228 cm³/mol. The molecule has 0 saturated carbocycles. The Morgan fingerprint density at radius 3 is 1.49 bits per heavy atom. The van der Waals surface area contributed by atoms with E-state index in [9.17, 15) is 0 Å². The zero-order valence-corrected chi connectivity index (χ0v) is 29.8. The van der Waals surface area contributed by atoms with Gasteiger partial charge in [0.05, 0.1) is 11.0 Å². The van der Waals surface area contributed by atoms with Gasteiger partial charge in [-0.3, -0.25) is 0 Å². The van der Waals surface area contributed by atoms with Crippen LogP contribution in [0, 0.1) is 0 Å². The van der Waals surface area contributed by atoms with Crippen LogP contribution in [-0.4, -0.2) is 19.5 Å². The van der Waals surface area contributed by atoms with E-state index in [2.05, 4.69) is 193 Å². The van der Waals surface area contributed by atoms with E-state index < -0.39 is 0 Å². The molecule has 11 aromatic rings. The van der Waals surface area contributed by atoms with E-state index in [4.69, 9.17) is 15.0 Å². The van der Waals surface area contributed by atoms with Crippen LogP contribution in [0.25, 0.3) is 105 Å². The number of benzene rings is 9. The number of nitrogens with zero attached hydrogens (tertiary/aromatic N) is 4. The molecule has 0 radical (unpaired) electrons. The summed E-state index contributed by atoms with van der Waals surface area (Å²) in [6, 6.07) is 68.8. The lowest BCUT2D eigenvalue weighted by Crippen LogP contribution is -2.01. The Morgan fingerprint density at radius 1 is 0.291 bits per heavy atom. The summed E-state index contributed by atoms with van der Waals surface area (Å²) in [5.41, 5.74) is 8.57. The van der Waals surface area contributed by atoms with Gasteiger partial charge in [0, 0.05) is 33.2 Å². The molecular formula is C51H32N4. The molecule has 11 rings (SSSR count). The second-order valence-corrected chi connectivity index (χ2v) is 14.1. The molecule has 0 N–H and O–H groups in total. The van der Waals surface area contributed by atoms with Crippen molar-refractivity contribution in [2.75, 3.05) is 0 Å². The van der Waals surface area contributed by atoms with Crippen LogP contribution in [0.2, 0.25) is 0 Å². The fourth-order valence-corrected chi connectivity index (χ4v) is 8.04. The van der Waals surface area contributed by atoms with E-state index in [1.807, 2.05) is 6.07 Å². The van der Waals surface area contributed by atoms with Crippen molar-refractivity contribution in [3.8, 4) is 51.0 Å². The van der Waals surface area contributed by atoms with Gasteiger partial charge in [-0.15, -0.1) is 0 Å². The topological polar surface area (TPSA) is 43.6 Å². The van der Waals surface area contributed by atoms with E-state index in [0.29, 0.717) is 17.5 Å². The van der Waals surface area contributed by atoms with Gasteiger partial charge in [-0.1, -0.05) is 146 Å². The van der Waals surface area contributed by atoms with Crippen LogP contribution in [0.3, 0.4) is 0 Å². The van der Waals surface area contributed by atoms with Gasteiger partial charge in [0.25, 0.3) is 0 Å². The van der Waals surface area contributed by atoms with E-state index in [1.54, 1.807) is 0 Å². The normalized spacial score (nSPS) is 11.6. The van der Waals surface area contributed by atoms with E-state index in [1.165, 1.54) is 54.3 Å². The molecule has 2 aromatic heterocycles. The largest absolute Gasteiger partial charge is 0.309 e. The smallest absolute Gasteiger partial charge is 0.164 e. The minimum Gasteiger partial charge on any atom is -0.309 e. The molecule has 0 aliphatic heterocycles. The molecule has 0 aliphatic carbocycles. The van der Waals surface area contributed by atoms with Crippen molar-refractivity contribution in [1.29, 1.82) is 0 Å². The minimum atomic E-state index is 0.631. The monoisotopic (exact) mass is 700 g/mol. The predicted octanol–water partition coefficient (Wildman–Crippen LogP) is 13.1. The Balaban J connectivity index is 1.06. The number of aromatic nitrogens is 4. The maximum Gasteiger partial charge on any atom is 0.164 e. The second kappa shape index (κ2) is 12.6. The standard InChI is InChI=1S/C51H32N4/c1-2-10-33(11-3-1)35-18-21-37(22-19-35)49-52-50(54-51(53-49)42-23-20-34-12-4-5-14-39(34)30-42)38-24-27-43(28-25-38)55-46-29-26-36-13-8-9-17-44(36)48(46)45-31-40-15-6-7-16-41(40)32-47(45)55/h1-32H. The zero-order valence-electron chi connectivity index (χ0n) is 29.8. The van der Waals surface area contributed by atoms with Crippen LogP contribution < -0.4 is 0 Å². The van der Waals surface area contributed by atoms with Gasteiger partial charge in [-0.25, -0.2) is 15.0 Å². The van der Waals surface area contributed by atoms with Gasteiger partial charge >= 0.3 is 0 Å². The first-order chi connectivity index (χ1) is 27.2. The minimum absolute atomic E-state index is 0.631. The first kappa shape index (κ1) is 31.1. The first-order valence-electron chi connectivity index (χ1n) is 18.6. The van der Waals surface area contributed by atoms with E-state index >= 15 is 0 Å². The molecule has 0 saturated heterocycles. The number of hydrogen-bond acceptors (Lipinski definition) is 3. The Kier molecular flexibility index (Phi) is 7.14. The molecule has 0 aliphatic rings. The van der Waals surface area contributed by atoms with Gasteiger partial charge in [0.1, 0.15) is 0 Å². The third kappa shape index (κ3) is 5.34. The molecular weight excluding hydrogens is 669 g/mol. The maximum atomic E-state index is 5.10. The molecule has 55 heavy (non-hydrogen) atoms. The quantitative estimate of drug-likeness (QED) is 0.179. The molecule has 0 atom stereocenters. The third-order valence-corrected chi connectivity index (χ3v) is 10.8. The van der Waals surface area contributed by atoms with Gasteiger partial charge in [-0.05, 0) is 92.0 Å². The van der Waals surface area contributed by atoms with E-state index in [-0.39, 0.29) is 0 Å². The molecule has 0 fully saturated rings. The first-order valence-corrected chi connectivity index (χ1v) is 18.6. The highest BCUT2D eigenvalue weighted by atomic mass is 15.0. The summed E-state index contributed by atoms with van der Waals surface area (Å²) in [4.78, 5) is 15.3. The molecule has 4 nitrogen and oxygen atoms in total. The highest BCUT2D eigenvalue weighted by molar-refractivity contribution is 6.23. The molecule has 9 aromatic carbocycles. The van der Waals surface area contributed by atoms with Crippen molar-refractivity contribution >= 4 is 54.1 Å². The maximum absolute atomic E-state index is 5.10. The van der Waals surface area contributed by atoms with Crippen molar-refractivity contribution in [2.45, 2.75) is 0 Å². The molecule has 256 valence electrons. The Morgan fingerprint density at radius 2 is 0.782 bits per heavy atom. The summed E-state index contributed by atoms with van der Waals surface area (Å²) in [6.07, 6.45) is 0. The highest BCUT2D eigenvalue weighted by Crippen LogP contribution is 2.39. The molecule has 0 spiro atoms. The summed E-state index contributed by atoms with van der Waals surface area (Å²) in [5.74, 6) is 1.91. The molecule has 0 amide bonds. The Hall–Kier alpha value is -7.43. The lowest BCUT2D eigenvalue weighted by Gasteiger charge is -2.12. The highest BCUT2D eigenvalue weighted by Gasteiger charge is 2.17.